The molecule has 0 aliphatic carbocycles. The lowest BCUT2D eigenvalue weighted by Crippen LogP contribution is -3.00. The summed E-state index contributed by atoms with van der Waals surface area (Å²) in [6.45, 7) is 3.24. The minimum absolute atomic E-state index is 0. The predicted octanol–water partition coefficient (Wildman–Crippen LogP) is -1.41. The van der Waals surface area contributed by atoms with Gasteiger partial charge in [0.15, 0.2) is 6.29 Å². The van der Waals surface area contributed by atoms with Crippen molar-refractivity contribution in [3.8, 4) is 0 Å². The molecule has 0 aromatic rings. The highest BCUT2D eigenvalue weighted by Gasteiger charge is 2.44. The Morgan fingerprint density at radius 3 is 2.13 bits per heavy atom. The SMILES string of the molecule is CCCCCCCCCC(=O)OCC1OC(OCCC[N+](C)(C)C)C(O)C(O)C1O.[I-]. The number of carbonyl (C=O) groups excluding carboxylic acids is 1. The minimum atomic E-state index is -1.42. The number of halogens is 1. The van der Waals surface area contributed by atoms with Crippen LogP contribution >= 0.6 is 0 Å². The molecule has 1 aliphatic rings. The van der Waals surface area contributed by atoms with Gasteiger partial charge in [-0.1, -0.05) is 45.4 Å². The number of hydrogen-bond donors (Lipinski definition) is 3. The number of hydrogen-bond acceptors (Lipinski definition) is 7. The van der Waals surface area contributed by atoms with Gasteiger partial charge in [-0.2, -0.15) is 0 Å². The van der Waals surface area contributed by atoms with Crippen LogP contribution in [-0.4, -0.2) is 97.4 Å². The van der Waals surface area contributed by atoms with Gasteiger partial charge in [-0.25, -0.2) is 0 Å². The summed E-state index contributed by atoms with van der Waals surface area (Å²) < 4.78 is 17.2. The summed E-state index contributed by atoms with van der Waals surface area (Å²) in [4.78, 5) is 12.0. The minimum Gasteiger partial charge on any atom is -1.00 e. The van der Waals surface area contributed by atoms with E-state index in [2.05, 4.69) is 28.1 Å². The molecule has 0 spiro atoms. The van der Waals surface area contributed by atoms with Crippen LogP contribution < -0.4 is 24.0 Å². The first-order chi connectivity index (χ1) is 14.2. The van der Waals surface area contributed by atoms with E-state index in [1.807, 2.05) is 0 Å². The molecule has 3 N–H and O–H groups in total. The molecule has 0 aromatic heterocycles. The number of carbonyl (C=O) groups is 1. The summed E-state index contributed by atoms with van der Waals surface area (Å²) in [6, 6.07) is 0. The fourth-order valence-corrected chi connectivity index (χ4v) is 3.40. The molecule has 9 heteroatoms. The van der Waals surface area contributed by atoms with E-state index in [0.29, 0.717) is 13.0 Å². The third kappa shape index (κ3) is 13.3. The molecular formula is C22H44INO7. The number of ether oxygens (including phenoxy) is 3. The molecule has 0 bridgehead atoms. The first-order valence-corrected chi connectivity index (χ1v) is 11.4. The molecule has 5 atom stereocenters. The standard InChI is InChI=1S/C22H44NO7.HI/c1-5-6-7-8-9-10-11-13-18(24)29-16-17-19(25)20(26)21(27)22(30-17)28-15-12-14-23(2,3)4;/h17,19-22,25-27H,5-16H2,1-4H3;1H/q+1;/p-1. The predicted molar refractivity (Wildman–Crippen MR) is 114 cm³/mol. The lowest BCUT2D eigenvalue weighted by Gasteiger charge is -2.40. The molecule has 1 fully saturated rings. The molecule has 0 radical (unpaired) electrons. The maximum atomic E-state index is 12.0. The van der Waals surface area contributed by atoms with Gasteiger partial charge >= 0.3 is 5.97 Å². The Morgan fingerprint density at radius 1 is 0.903 bits per heavy atom. The maximum Gasteiger partial charge on any atom is 0.305 e. The number of aliphatic hydroxyl groups excluding tert-OH is 3. The van der Waals surface area contributed by atoms with Crippen molar-refractivity contribution in [3.05, 3.63) is 0 Å². The van der Waals surface area contributed by atoms with Crippen LogP contribution in [0.15, 0.2) is 0 Å². The van der Waals surface area contributed by atoms with Crippen LogP contribution in [0.25, 0.3) is 0 Å². The second-order valence-electron chi connectivity index (χ2n) is 9.31. The lowest BCUT2D eigenvalue weighted by atomic mass is 9.99. The fraction of sp³-hybridized carbons (Fsp3) is 0.955. The fourth-order valence-electron chi connectivity index (χ4n) is 3.40. The number of quaternary nitrogens is 1. The molecule has 1 aliphatic heterocycles. The summed E-state index contributed by atoms with van der Waals surface area (Å²) in [6.07, 6.45) is 2.75. The molecule has 31 heavy (non-hydrogen) atoms. The highest BCUT2D eigenvalue weighted by atomic mass is 127. The van der Waals surface area contributed by atoms with E-state index in [9.17, 15) is 20.1 Å². The molecule has 186 valence electrons. The van der Waals surface area contributed by atoms with E-state index < -0.39 is 30.7 Å². The number of nitrogens with zero attached hydrogens (tertiary/aromatic N) is 1. The molecule has 1 rings (SSSR count). The van der Waals surface area contributed by atoms with Gasteiger partial charge in [-0.15, -0.1) is 0 Å². The molecule has 8 nitrogen and oxygen atoms in total. The van der Waals surface area contributed by atoms with Crippen LogP contribution in [0, 0.1) is 0 Å². The highest BCUT2D eigenvalue weighted by molar-refractivity contribution is 5.69. The van der Waals surface area contributed by atoms with E-state index in [1.54, 1.807) is 0 Å². The van der Waals surface area contributed by atoms with Crippen molar-refractivity contribution in [2.45, 2.75) is 95.4 Å². The summed E-state index contributed by atoms with van der Waals surface area (Å²) in [7, 11) is 6.22. The first kappa shape index (κ1) is 31.0. The van der Waals surface area contributed by atoms with Crippen molar-refractivity contribution < 1.29 is 62.8 Å². The molecular weight excluding hydrogens is 517 g/mol. The van der Waals surface area contributed by atoms with Crippen molar-refractivity contribution in [2.24, 2.45) is 0 Å². The van der Waals surface area contributed by atoms with Crippen molar-refractivity contribution in [1.82, 2.24) is 0 Å². The molecule has 0 aromatic carbocycles. The third-order valence-corrected chi connectivity index (χ3v) is 5.32. The van der Waals surface area contributed by atoms with Gasteiger partial charge in [0.1, 0.15) is 31.0 Å². The van der Waals surface area contributed by atoms with Gasteiger partial charge in [0.25, 0.3) is 0 Å². The largest absolute Gasteiger partial charge is 1.00 e. The van der Waals surface area contributed by atoms with E-state index in [0.717, 1.165) is 36.7 Å². The van der Waals surface area contributed by atoms with Crippen LogP contribution in [0.1, 0.15) is 64.7 Å². The lowest BCUT2D eigenvalue weighted by molar-refractivity contribution is -0.870. The monoisotopic (exact) mass is 561 g/mol. The normalized spacial score (nSPS) is 26.4. The molecule has 0 saturated carbocycles. The summed E-state index contributed by atoms with van der Waals surface area (Å²) in [5.74, 6) is -0.347. The third-order valence-electron chi connectivity index (χ3n) is 5.32. The van der Waals surface area contributed by atoms with Gasteiger partial charge in [-0.3, -0.25) is 4.79 Å². The Morgan fingerprint density at radius 2 is 1.52 bits per heavy atom. The van der Waals surface area contributed by atoms with Crippen molar-refractivity contribution in [3.63, 3.8) is 0 Å². The zero-order valence-electron chi connectivity index (χ0n) is 19.7. The number of esters is 1. The Hall–Kier alpha value is -0.0400. The van der Waals surface area contributed by atoms with Crippen LogP contribution in [-0.2, 0) is 19.0 Å². The maximum absolute atomic E-state index is 12.0. The van der Waals surface area contributed by atoms with Crippen LogP contribution in [0.3, 0.4) is 0 Å². The zero-order valence-corrected chi connectivity index (χ0v) is 21.8. The second kappa shape index (κ2) is 16.6. The molecule has 1 heterocycles. The van der Waals surface area contributed by atoms with Gasteiger partial charge in [-0.05, 0) is 6.42 Å². The summed E-state index contributed by atoms with van der Waals surface area (Å²) >= 11 is 0. The van der Waals surface area contributed by atoms with Crippen LogP contribution in [0.5, 0.6) is 0 Å². The van der Waals surface area contributed by atoms with Crippen LogP contribution in [0.2, 0.25) is 0 Å². The van der Waals surface area contributed by atoms with Crippen LogP contribution in [0.4, 0.5) is 0 Å². The second-order valence-corrected chi connectivity index (χ2v) is 9.31. The Labute approximate surface area is 204 Å². The Kier molecular flexibility index (Phi) is 16.5. The first-order valence-electron chi connectivity index (χ1n) is 11.4. The van der Waals surface area contributed by atoms with E-state index in [1.165, 1.54) is 25.7 Å². The van der Waals surface area contributed by atoms with Crippen molar-refractivity contribution in [1.29, 1.82) is 0 Å². The van der Waals surface area contributed by atoms with E-state index >= 15 is 0 Å². The van der Waals surface area contributed by atoms with E-state index in [4.69, 9.17) is 14.2 Å². The molecule has 5 unspecified atom stereocenters. The van der Waals surface area contributed by atoms with Gasteiger partial charge in [0, 0.05) is 12.8 Å². The number of unbranched alkanes of at least 4 members (excludes halogenated alkanes) is 6. The van der Waals surface area contributed by atoms with E-state index in [-0.39, 0.29) is 36.6 Å². The molecule has 0 amide bonds. The highest BCUT2D eigenvalue weighted by Crippen LogP contribution is 2.23. The molecule has 1 saturated heterocycles. The van der Waals surface area contributed by atoms with Crippen molar-refractivity contribution in [2.75, 3.05) is 40.9 Å². The Balaban J connectivity index is 0.00000900. The van der Waals surface area contributed by atoms with Crippen molar-refractivity contribution >= 4 is 5.97 Å². The van der Waals surface area contributed by atoms with Gasteiger partial charge < -0.3 is 58.0 Å². The average Bonchev–Trinajstić information content (AvgIpc) is 2.68. The Bertz CT molecular complexity index is 475. The van der Waals surface area contributed by atoms with Gasteiger partial charge in [0.2, 0.25) is 0 Å². The zero-order chi connectivity index (χ0) is 22.6. The number of rotatable bonds is 15. The smallest absolute Gasteiger partial charge is 0.305 e. The van der Waals surface area contributed by atoms with Gasteiger partial charge in [0.05, 0.1) is 34.3 Å². The number of aliphatic hydroxyl groups is 3. The summed E-state index contributed by atoms with van der Waals surface area (Å²) in [5, 5.41) is 30.4. The average molecular weight is 561 g/mol. The quantitative estimate of drug-likeness (QED) is 0.0978. The topological polar surface area (TPSA) is 105 Å². The summed E-state index contributed by atoms with van der Waals surface area (Å²) in [5.41, 5.74) is 0.